The van der Waals surface area contributed by atoms with Crippen LogP contribution in [0.1, 0.15) is 18.9 Å². The summed E-state index contributed by atoms with van der Waals surface area (Å²) in [6.45, 7) is 3.77. The van der Waals surface area contributed by atoms with E-state index in [4.69, 9.17) is 27.9 Å². The Morgan fingerprint density at radius 2 is 1.95 bits per heavy atom. The minimum atomic E-state index is -0.616. The van der Waals surface area contributed by atoms with Crippen LogP contribution in [0.2, 0.25) is 10.0 Å². The summed E-state index contributed by atoms with van der Waals surface area (Å²) in [6, 6.07) is 12.4. The minimum absolute atomic E-state index is 0.215. The van der Waals surface area contributed by atoms with Gasteiger partial charge in [-0.15, -0.1) is 0 Å². The lowest BCUT2D eigenvalue weighted by Gasteiger charge is -2.18. The summed E-state index contributed by atoms with van der Waals surface area (Å²) in [5, 5.41) is 3.98. The Morgan fingerprint density at radius 3 is 2.59 bits per heavy atom. The molecule has 0 bridgehead atoms. The number of ether oxygens (including phenoxy) is 1. The number of rotatable bonds is 5. The zero-order chi connectivity index (χ0) is 16.1. The standard InChI is InChI=1S/C17H17Cl2NO2/c1-3-15(22-16-7-5-4-6-13(16)19)17(21)20-14-9-8-12(18)10-11(14)2/h4-10,15H,3H2,1-2H3,(H,20,21)/t15-/m1/s1. The maximum absolute atomic E-state index is 12.4. The van der Waals surface area contributed by atoms with Gasteiger partial charge in [0.1, 0.15) is 5.75 Å². The van der Waals surface area contributed by atoms with Gasteiger partial charge in [-0.1, -0.05) is 42.3 Å². The zero-order valence-corrected chi connectivity index (χ0v) is 13.9. The van der Waals surface area contributed by atoms with Crippen molar-refractivity contribution in [3.8, 4) is 5.75 Å². The van der Waals surface area contributed by atoms with Crippen molar-refractivity contribution in [2.24, 2.45) is 0 Å². The van der Waals surface area contributed by atoms with E-state index >= 15 is 0 Å². The van der Waals surface area contributed by atoms with Gasteiger partial charge in [-0.3, -0.25) is 4.79 Å². The number of nitrogens with one attached hydrogen (secondary N) is 1. The van der Waals surface area contributed by atoms with E-state index in [1.807, 2.05) is 26.0 Å². The first-order chi connectivity index (χ1) is 10.5. The van der Waals surface area contributed by atoms with Crippen molar-refractivity contribution in [1.82, 2.24) is 0 Å². The Hall–Kier alpha value is -1.71. The SMILES string of the molecule is CC[C@@H](Oc1ccccc1Cl)C(=O)Nc1ccc(Cl)cc1C. The number of hydrogen-bond donors (Lipinski definition) is 1. The van der Waals surface area contributed by atoms with Gasteiger partial charge in [-0.05, 0) is 49.2 Å². The molecule has 1 amide bonds. The van der Waals surface area contributed by atoms with Crippen LogP contribution in [-0.4, -0.2) is 12.0 Å². The molecule has 1 N–H and O–H groups in total. The van der Waals surface area contributed by atoms with Gasteiger partial charge in [0.15, 0.2) is 6.10 Å². The molecule has 5 heteroatoms. The van der Waals surface area contributed by atoms with Gasteiger partial charge in [0.2, 0.25) is 0 Å². The molecule has 0 radical (unpaired) electrons. The summed E-state index contributed by atoms with van der Waals surface area (Å²) in [6.07, 6.45) is -0.0843. The fraction of sp³-hybridized carbons (Fsp3) is 0.235. The Balaban J connectivity index is 2.10. The van der Waals surface area contributed by atoms with Gasteiger partial charge >= 0.3 is 0 Å². The Kier molecular flexibility index (Phi) is 5.69. The van der Waals surface area contributed by atoms with Crippen molar-refractivity contribution in [2.75, 3.05) is 5.32 Å². The summed E-state index contributed by atoms with van der Waals surface area (Å²) in [5.41, 5.74) is 1.61. The summed E-state index contributed by atoms with van der Waals surface area (Å²) >= 11 is 12.0. The monoisotopic (exact) mass is 337 g/mol. The number of carbonyl (C=O) groups excluding carboxylic acids is 1. The molecule has 0 aliphatic rings. The van der Waals surface area contributed by atoms with Crippen LogP contribution in [0.5, 0.6) is 5.75 Å². The van der Waals surface area contributed by atoms with Crippen molar-refractivity contribution >= 4 is 34.8 Å². The van der Waals surface area contributed by atoms with Gasteiger partial charge < -0.3 is 10.1 Å². The Morgan fingerprint density at radius 1 is 1.23 bits per heavy atom. The van der Waals surface area contributed by atoms with E-state index in [9.17, 15) is 4.79 Å². The largest absolute Gasteiger partial charge is 0.479 e. The fourth-order valence-corrected chi connectivity index (χ4v) is 2.40. The highest BCUT2D eigenvalue weighted by Gasteiger charge is 2.20. The normalized spacial score (nSPS) is 11.8. The van der Waals surface area contributed by atoms with Crippen LogP contribution in [0.25, 0.3) is 0 Å². The summed E-state index contributed by atoms with van der Waals surface area (Å²) < 4.78 is 5.72. The molecule has 2 aromatic carbocycles. The molecule has 0 fully saturated rings. The highest BCUT2D eigenvalue weighted by molar-refractivity contribution is 6.32. The Bertz CT molecular complexity index is 673. The number of para-hydroxylation sites is 1. The van der Waals surface area contributed by atoms with Gasteiger partial charge in [0.25, 0.3) is 5.91 Å². The molecule has 3 nitrogen and oxygen atoms in total. The molecular formula is C17H17Cl2NO2. The van der Waals surface area contributed by atoms with Crippen LogP contribution >= 0.6 is 23.2 Å². The number of carbonyl (C=O) groups is 1. The molecule has 2 aromatic rings. The molecule has 0 aliphatic heterocycles. The smallest absolute Gasteiger partial charge is 0.265 e. The van der Waals surface area contributed by atoms with E-state index in [2.05, 4.69) is 5.32 Å². The van der Waals surface area contributed by atoms with E-state index in [1.54, 1.807) is 30.3 Å². The van der Waals surface area contributed by atoms with E-state index in [1.165, 1.54) is 0 Å². The highest BCUT2D eigenvalue weighted by Crippen LogP contribution is 2.25. The number of hydrogen-bond acceptors (Lipinski definition) is 2. The van der Waals surface area contributed by atoms with Crippen molar-refractivity contribution in [2.45, 2.75) is 26.4 Å². The van der Waals surface area contributed by atoms with E-state index < -0.39 is 6.10 Å². The number of benzene rings is 2. The zero-order valence-electron chi connectivity index (χ0n) is 12.4. The lowest BCUT2D eigenvalue weighted by atomic mass is 10.2. The quantitative estimate of drug-likeness (QED) is 0.824. The molecule has 0 aromatic heterocycles. The van der Waals surface area contributed by atoms with Crippen molar-refractivity contribution in [3.63, 3.8) is 0 Å². The van der Waals surface area contributed by atoms with Crippen LogP contribution < -0.4 is 10.1 Å². The van der Waals surface area contributed by atoms with E-state index in [0.29, 0.717) is 22.2 Å². The topological polar surface area (TPSA) is 38.3 Å². The second-order valence-corrected chi connectivity index (χ2v) is 5.74. The summed E-state index contributed by atoms with van der Waals surface area (Å²) in [7, 11) is 0. The molecule has 0 aliphatic carbocycles. The lowest BCUT2D eigenvalue weighted by molar-refractivity contribution is -0.122. The summed E-state index contributed by atoms with van der Waals surface area (Å²) in [5.74, 6) is 0.284. The first kappa shape index (κ1) is 16.7. The molecule has 0 heterocycles. The number of halogens is 2. The van der Waals surface area contributed by atoms with Crippen molar-refractivity contribution < 1.29 is 9.53 Å². The first-order valence-corrected chi connectivity index (χ1v) is 7.75. The van der Waals surface area contributed by atoms with Crippen LogP contribution in [0.15, 0.2) is 42.5 Å². The third-order valence-electron chi connectivity index (χ3n) is 3.22. The number of amides is 1. The molecule has 2 rings (SSSR count). The van der Waals surface area contributed by atoms with E-state index in [0.717, 1.165) is 11.3 Å². The molecular weight excluding hydrogens is 321 g/mol. The molecule has 1 atom stereocenters. The number of anilines is 1. The molecule has 0 saturated heterocycles. The molecule has 0 spiro atoms. The van der Waals surface area contributed by atoms with Gasteiger partial charge in [0.05, 0.1) is 5.02 Å². The van der Waals surface area contributed by atoms with Crippen LogP contribution in [0, 0.1) is 6.92 Å². The number of aryl methyl sites for hydroxylation is 1. The third kappa shape index (κ3) is 4.15. The highest BCUT2D eigenvalue weighted by atomic mass is 35.5. The lowest BCUT2D eigenvalue weighted by Crippen LogP contribution is -2.32. The minimum Gasteiger partial charge on any atom is -0.479 e. The van der Waals surface area contributed by atoms with Gasteiger partial charge in [0, 0.05) is 10.7 Å². The average molecular weight is 338 g/mol. The second kappa shape index (κ2) is 7.52. The predicted molar refractivity (Wildman–Crippen MR) is 91.0 cm³/mol. The Labute approximate surface area is 140 Å². The first-order valence-electron chi connectivity index (χ1n) is 6.99. The summed E-state index contributed by atoms with van der Waals surface area (Å²) in [4.78, 5) is 12.4. The van der Waals surface area contributed by atoms with Crippen LogP contribution in [0.3, 0.4) is 0 Å². The fourth-order valence-electron chi connectivity index (χ4n) is 2.00. The maximum Gasteiger partial charge on any atom is 0.265 e. The van der Waals surface area contributed by atoms with Gasteiger partial charge in [-0.25, -0.2) is 0 Å². The van der Waals surface area contributed by atoms with Crippen LogP contribution in [-0.2, 0) is 4.79 Å². The van der Waals surface area contributed by atoms with Crippen molar-refractivity contribution in [3.05, 3.63) is 58.1 Å². The van der Waals surface area contributed by atoms with Crippen LogP contribution in [0.4, 0.5) is 5.69 Å². The molecule has 0 saturated carbocycles. The van der Waals surface area contributed by atoms with Gasteiger partial charge in [-0.2, -0.15) is 0 Å². The molecule has 0 unspecified atom stereocenters. The molecule has 22 heavy (non-hydrogen) atoms. The second-order valence-electron chi connectivity index (χ2n) is 4.89. The molecule has 116 valence electrons. The maximum atomic E-state index is 12.4. The third-order valence-corrected chi connectivity index (χ3v) is 3.76. The predicted octanol–water partition coefficient (Wildman–Crippen LogP) is 5.10. The average Bonchev–Trinajstić information content (AvgIpc) is 2.49. The van der Waals surface area contributed by atoms with Crippen molar-refractivity contribution in [1.29, 1.82) is 0 Å². The van der Waals surface area contributed by atoms with E-state index in [-0.39, 0.29) is 5.91 Å².